The Morgan fingerprint density at radius 1 is 1.09 bits per heavy atom. The molecular weight excluding hydrogens is 460 g/mol. The van der Waals surface area contributed by atoms with E-state index in [1.165, 1.54) is 22.4 Å². The molecule has 3 aromatic rings. The zero-order chi connectivity index (χ0) is 22.1. The van der Waals surface area contributed by atoms with E-state index in [-0.39, 0.29) is 0 Å². The lowest BCUT2D eigenvalue weighted by molar-refractivity contribution is 0.339. The van der Waals surface area contributed by atoms with Crippen LogP contribution >= 0.6 is 15.9 Å². The van der Waals surface area contributed by atoms with Gasteiger partial charge in [-0.2, -0.15) is 0 Å². The molecule has 2 aliphatic rings. The summed E-state index contributed by atoms with van der Waals surface area (Å²) < 4.78 is 6.74. The van der Waals surface area contributed by atoms with Gasteiger partial charge in [-0.05, 0) is 73.7 Å². The van der Waals surface area contributed by atoms with Crippen molar-refractivity contribution in [2.45, 2.75) is 32.2 Å². The molecule has 0 saturated heterocycles. The number of nitrogens with one attached hydrogen (secondary N) is 1. The van der Waals surface area contributed by atoms with E-state index in [1.807, 2.05) is 31.3 Å². The van der Waals surface area contributed by atoms with Crippen molar-refractivity contribution in [2.24, 2.45) is 10.9 Å². The number of allylic oxidation sites excluding steroid dienone is 2. The summed E-state index contributed by atoms with van der Waals surface area (Å²) in [7, 11) is 0. The number of ether oxygens (including phenoxy) is 1. The van der Waals surface area contributed by atoms with E-state index in [0.29, 0.717) is 24.5 Å². The molecule has 0 saturated carbocycles. The second-order valence-electron chi connectivity index (χ2n) is 8.53. The average Bonchev–Trinajstić information content (AvgIpc) is 3.30. The second kappa shape index (κ2) is 8.95. The molecule has 5 rings (SSSR count). The van der Waals surface area contributed by atoms with Crippen molar-refractivity contribution in [1.29, 1.82) is 0 Å². The van der Waals surface area contributed by atoms with Gasteiger partial charge in [-0.15, -0.1) is 0 Å². The van der Waals surface area contributed by atoms with Gasteiger partial charge >= 0.3 is 0 Å². The van der Waals surface area contributed by atoms with E-state index >= 15 is 0 Å². The SMILES string of the molecule is CCOc1ccc(Br)cc1C=Nc1ccc([C@@H]2Nc3ccc(C)cc3[C@H]3C=CC[C@@H]32)cc1. The third-order valence-electron chi connectivity index (χ3n) is 6.39. The summed E-state index contributed by atoms with van der Waals surface area (Å²) in [6.45, 7) is 4.79. The fraction of sp³-hybridized carbons (Fsp3) is 0.250. The molecule has 0 bridgehead atoms. The third kappa shape index (κ3) is 4.12. The minimum Gasteiger partial charge on any atom is -0.493 e. The molecule has 162 valence electrons. The molecule has 32 heavy (non-hydrogen) atoms. The summed E-state index contributed by atoms with van der Waals surface area (Å²) in [5.41, 5.74) is 7.22. The molecule has 0 fully saturated rings. The second-order valence-corrected chi connectivity index (χ2v) is 9.45. The summed E-state index contributed by atoms with van der Waals surface area (Å²) >= 11 is 3.54. The van der Waals surface area contributed by atoms with E-state index in [0.717, 1.165) is 27.9 Å². The number of aliphatic imine (C=N–C) groups is 1. The first-order chi connectivity index (χ1) is 15.6. The van der Waals surface area contributed by atoms with Gasteiger partial charge < -0.3 is 10.1 Å². The molecule has 0 radical (unpaired) electrons. The van der Waals surface area contributed by atoms with Gasteiger partial charge in [0.05, 0.1) is 18.3 Å². The molecule has 1 heterocycles. The number of nitrogens with zero attached hydrogens (tertiary/aromatic N) is 1. The van der Waals surface area contributed by atoms with Crippen molar-refractivity contribution in [3.05, 3.63) is 99.5 Å². The number of anilines is 1. The lowest BCUT2D eigenvalue weighted by atomic mass is 9.76. The van der Waals surface area contributed by atoms with Gasteiger partial charge in [0.1, 0.15) is 5.75 Å². The number of aryl methyl sites for hydroxylation is 1. The lowest BCUT2D eigenvalue weighted by Gasteiger charge is -2.37. The molecule has 0 unspecified atom stereocenters. The molecule has 0 amide bonds. The Morgan fingerprint density at radius 3 is 2.75 bits per heavy atom. The van der Waals surface area contributed by atoms with Gasteiger partial charge in [0.25, 0.3) is 0 Å². The number of hydrogen-bond donors (Lipinski definition) is 1. The number of fused-ring (bicyclic) bond motifs is 3. The fourth-order valence-corrected chi connectivity index (χ4v) is 5.24. The smallest absolute Gasteiger partial charge is 0.128 e. The highest BCUT2D eigenvalue weighted by Crippen LogP contribution is 2.50. The standard InChI is InChI=1S/C28H27BrN2O/c1-3-32-27-14-10-21(29)16-20(27)17-30-22-11-8-19(9-12-22)28-24-6-4-5-23(24)25-15-18(2)7-13-26(25)31-28/h4-5,7-17,23-24,28,31H,3,6H2,1-2H3/t23-,24-,28-/m0/s1. The Bertz CT molecular complexity index is 1180. The van der Waals surface area contributed by atoms with Crippen LogP contribution in [0.4, 0.5) is 11.4 Å². The van der Waals surface area contributed by atoms with Gasteiger partial charge in [-0.3, -0.25) is 4.99 Å². The summed E-state index contributed by atoms with van der Waals surface area (Å²) in [6.07, 6.45) is 7.72. The predicted molar refractivity (Wildman–Crippen MR) is 137 cm³/mol. The van der Waals surface area contributed by atoms with Crippen molar-refractivity contribution in [1.82, 2.24) is 0 Å². The molecule has 1 aliphatic heterocycles. The maximum absolute atomic E-state index is 5.73. The van der Waals surface area contributed by atoms with Crippen molar-refractivity contribution in [3.63, 3.8) is 0 Å². The molecule has 3 atom stereocenters. The molecule has 0 aromatic heterocycles. The molecule has 0 spiro atoms. The Kier molecular flexibility index (Phi) is 5.88. The highest BCUT2D eigenvalue weighted by molar-refractivity contribution is 9.10. The van der Waals surface area contributed by atoms with E-state index in [1.54, 1.807) is 0 Å². The first-order valence-corrected chi connectivity index (χ1v) is 12.0. The molecule has 3 nitrogen and oxygen atoms in total. The average molecular weight is 487 g/mol. The van der Waals surface area contributed by atoms with Gasteiger partial charge in [0.15, 0.2) is 0 Å². The summed E-state index contributed by atoms with van der Waals surface area (Å²) in [4.78, 5) is 4.70. The van der Waals surface area contributed by atoms with Crippen LogP contribution < -0.4 is 10.1 Å². The third-order valence-corrected chi connectivity index (χ3v) is 6.89. The van der Waals surface area contributed by atoms with Gasteiger partial charge in [0, 0.05) is 27.9 Å². The van der Waals surface area contributed by atoms with Crippen LogP contribution in [0.1, 0.15) is 47.6 Å². The van der Waals surface area contributed by atoms with Crippen LogP contribution in [0.2, 0.25) is 0 Å². The van der Waals surface area contributed by atoms with E-state index in [4.69, 9.17) is 9.73 Å². The first kappa shape index (κ1) is 21.0. The van der Waals surface area contributed by atoms with Crippen LogP contribution in [0, 0.1) is 12.8 Å². The predicted octanol–water partition coefficient (Wildman–Crippen LogP) is 7.73. The van der Waals surface area contributed by atoms with E-state index in [2.05, 4.69) is 82.8 Å². The van der Waals surface area contributed by atoms with Crippen molar-refractivity contribution >= 4 is 33.5 Å². The van der Waals surface area contributed by atoms with E-state index < -0.39 is 0 Å². The van der Waals surface area contributed by atoms with Crippen LogP contribution in [-0.2, 0) is 0 Å². The molecular formula is C28H27BrN2O. The number of hydrogen-bond acceptors (Lipinski definition) is 3. The first-order valence-electron chi connectivity index (χ1n) is 11.2. The zero-order valence-electron chi connectivity index (χ0n) is 18.4. The minimum atomic E-state index is 0.304. The van der Waals surface area contributed by atoms with Crippen LogP contribution in [0.3, 0.4) is 0 Å². The zero-order valence-corrected chi connectivity index (χ0v) is 20.0. The molecule has 3 aromatic carbocycles. The van der Waals surface area contributed by atoms with Crippen molar-refractivity contribution in [3.8, 4) is 5.75 Å². The van der Waals surface area contributed by atoms with E-state index in [9.17, 15) is 0 Å². The summed E-state index contributed by atoms with van der Waals surface area (Å²) in [5.74, 6) is 1.88. The largest absolute Gasteiger partial charge is 0.493 e. The van der Waals surface area contributed by atoms with Gasteiger partial charge in [0.2, 0.25) is 0 Å². The monoisotopic (exact) mass is 486 g/mol. The number of halogens is 1. The van der Waals surface area contributed by atoms with Crippen LogP contribution in [-0.4, -0.2) is 12.8 Å². The Hall–Kier alpha value is -2.85. The Labute approximate surface area is 198 Å². The van der Waals surface area contributed by atoms with Crippen LogP contribution in [0.25, 0.3) is 0 Å². The highest BCUT2D eigenvalue weighted by Gasteiger charge is 2.37. The normalized spacial score (nSPS) is 21.3. The van der Waals surface area contributed by atoms with Crippen LogP contribution in [0.5, 0.6) is 5.75 Å². The quantitative estimate of drug-likeness (QED) is 0.295. The summed E-state index contributed by atoms with van der Waals surface area (Å²) in [5, 5.41) is 3.82. The fourth-order valence-electron chi connectivity index (χ4n) is 4.86. The minimum absolute atomic E-state index is 0.304. The highest BCUT2D eigenvalue weighted by atomic mass is 79.9. The number of rotatable bonds is 5. The van der Waals surface area contributed by atoms with Gasteiger partial charge in [-0.1, -0.05) is 57.9 Å². The van der Waals surface area contributed by atoms with Crippen molar-refractivity contribution < 1.29 is 4.74 Å². The van der Waals surface area contributed by atoms with Gasteiger partial charge in [-0.25, -0.2) is 0 Å². The maximum atomic E-state index is 5.73. The topological polar surface area (TPSA) is 33.6 Å². The van der Waals surface area contributed by atoms with Crippen LogP contribution in [0.15, 0.2) is 82.3 Å². The van der Waals surface area contributed by atoms with Crippen molar-refractivity contribution in [2.75, 3.05) is 11.9 Å². The maximum Gasteiger partial charge on any atom is 0.128 e. The Balaban J connectivity index is 1.38. The Morgan fingerprint density at radius 2 is 1.94 bits per heavy atom. The number of benzene rings is 3. The molecule has 1 aliphatic carbocycles. The molecule has 1 N–H and O–H groups in total. The lowest BCUT2D eigenvalue weighted by Crippen LogP contribution is -2.29. The summed E-state index contributed by atoms with van der Waals surface area (Å²) in [6, 6.07) is 21.7. The molecule has 4 heteroatoms.